The zero-order chi connectivity index (χ0) is 11.5. The van der Waals surface area contributed by atoms with E-state index in [1.54, 1.807) is 0 Å². The van der Waals surface area contributed by atoms with Crippen LogP contribution in [0.15, 0.2) is 0 Å². The molecule has 0 radical (unpaired) electrons. The minimum atomic E-state index is -0.0871. The molecular formula is C12H23N3O. The second-order valence-electron chi connectivity index (χ2n) is 5.29. The van der Waals surface area contributed by atoms with Crippen LogP contribution in [0.4, 0.5) is 0 Å². The van der Waals surface area contributed by atoms with Crippen LogP contribution in [0, 0.1) is 0 Å². The third-order valence-electron chi connectivity index (χ3n) is 3.52. The highest BCUT2D eigenvalue weighted by atomic mass is 16.2. The van der Waals surface area contributed by atoms with Gasteiger partial charge in [0.2, 0.25) is 5.91 Å². The lowest BCUT2D eigenvalue weighted by molar-refractivity contribution is -0.123. The van der Waals surface area contributed by atoms with E-state index in [1.807, 2.05) is 6.92 Å². The third kappa shape index (κ3) is 3.46. The van der Waals surface area contributed by atoms with Gasteiger partial charge in [-0.1, -0.05) is 6.42 Å². The van der Waals surface area contributed by atoms with Gasteiger partial charge in [0.1, 0.15) is 0 Å². The number of carbonyl (C=O) groups is 1. The molecule has 4 nitrogen and oxygen atoms in total. The maximum Gasteiger partial charge on any atom is 0.237 e. The summed E-state index contributed by atoms with van der Waals surface area (Å²) in [5.74, 6) is 0.140. The summed E-state index contributed by atoms with van der Waals surface area (Å²) < 4.78 is 0. The standard InChI is InChI=1S/C12H23N3O/c1-8(12(16)15-10-5-6-10)14-11-4-2-3-9(13)7-11/h8-11,14H,2-7,13H2,1H3,(H,15,16). The van der Waals surface area contributed by atoms with Crippen molar-refractivity contribution in [2.75, 3.05) is 0 Å². The first kappa shape index (κ1) is 11.9. The highest BCUT2D eigenvalue weighted by Gasteiger charge is 2.27. The van der Waals surface area contributed by atoms with Crippen LogP contribution in [0.5, 0.6) is 0 Å². The zero-order valence-corrected chi connectivity index (χ0v) is 10.0. The van der Waals surface area contributed by atoms with Crippen molar-refractivity contribution in [2.45, 2.75) is 69.6 Å². The fourth-order valence-corrected chi connectivity index (χ4v) is 2.36. The molecule has 1 amide bonds. The molecule has 3 atom stereocenters. The summed E-state index contributed by atoms with van der Waals surface area (Å²) in [5, 5.41) is 6.41. The van der Waals surface area contributed by atoms with Gasteiger partial charge in [0.15, 0.2) is 0 Å². The molecule has 0 saturated heterocycles. The number of nitrogens with one attached hydrogen (secondary N) is 2. The number of rotatable bonds is 4. The third-order valence-corrected chi connectivity index (χ3v) is 3.52. The Morgan fingerprint density at radius 2 is 2.00 bits per heavy atom. The monoisotopic (exact) mass is 225 g/mol. The van der Waals surface area contributed by atoms with Crippen molar-refractivity contribution in [3.8, 4) is 0 Å². The van der Waals surface area contributed by atoms with Crippen LogP contribution in [0.25, 0.3) is 0 Å². The molecule has 0 aromatic rings. The molecule has 3 unspecified atom stereocenters. The molecule has 0 aliphatic heterocycles. The smallest absolute Gasteiger partial charge is 0.237 e. The van der Waals surface area contributed by atoms with Crippen molar-refractivity contribution in [2.24, 2.45) is 5.73 Å². The summed E-state index contributed by atoms with van der Waals surface area (Å²) in [5.41, 5.74) is 5.93. The average molecular weight is 225 g/mol. The van der Waals surface area contributed by atoms with Crippen LogP contribution >= 0.6 is 0 Å². The van der Waals surface area contributed by atoms with Crippen molar-refractivity contribution in [1.29, 1.82) is 0 Å². The predicted molar refractivity (Wildman–Crippen MR) is 64.0 cm³/mol. The Bertz CT molecular complexity index is 253. The number of hydrogen-bond donors (Lipinski definition) is 3. The van der Waals surface area contributed by atoms with Crippen LogP contribution in [0.1, 0.15) is 45.4 Å². The largest absolute Gasteiger partial charge is 0.352 e. The zero-order valence-electron chi connectivity index (χ0n) is 10.0. The first-order valence-electron chi connectivity index (χ1n) is 6.47. The highest BCUT2D eigenvalue weighted by Crippen LogP contribution is 2.19. The lowest BCUT2D eigenvalue weighted by Gasteiger charge is -2.29. The molecule has 2 rings (SSSR count). The van der Waals surface area contributed by atoms with Gasteiger partial charge in [0, 0.05) is 18.1 Å². The van der Waals surface area contributed by atoms with Gasteiger partial charge in [-0.05, 0) is 39.0 Å². The Labute approximate surface area is 97.3 Å². The molecule has 2 aliphatic rings. The van der Waals surface area contributed by atoms with E-state index in [0.717, 1.165) is 32.1 Å². The van der Waals surface area contributed by atoms with Crippen molar-refractivity contribution >= 4 is 5.91 Å². The van der Waals surface area contributed by atoms with E-state index in [1.165, 1.54) is 6.42 Å². The summed E-state index contributed by atoms with van der Waals surface area (Å²) >= 11 is 0. The molecule has 16 heavy (non-hydrogen) atoms. The van der Waals surface area contributed by atoms with Gasteiger partial charge in [0.25, 0.3) is 0 Å². The summed E-state index contributed by atoms with van der Waals surface area (Å²) in [6, 6.07) is 1.09. The van der Waals surface area contributed by atoms with Crippen molar-refractivity contribution in [1.82, 2.24) is 10.6 Å². The number of carbonyl (C=O) groups excluding carboxylic acids is 1. The normalized spacial score (nSPS) is 32.1. The molecule has 4 N–H and O–H groups in total. The Morgan fingerprint density at radius 3 is 2.62 bits per heavy atom. The first-order chi connectivity index (χ1) is 7.65. The van der Waals surface area contributed by atoms with Gasteiger partial charge in [-0.3, -0.25) is 4.79 Å². The second kappa shape index (κ2) is 5.15. The van der Waals surface area contributed by atoms with Crippen molar-refractivity contribution in [3.63, 3.8) is 0 Å². The fourth-order valence-electron chi connectivity index (χ4n) is 2.36. The van der Waals surface area contributed by atoms with Gasteiger partial charge in [-0.15, -0.1) is 0 Å². The molecule has 0 aromatic heterocycles. The predicted octanol–water partition coefficient (Wildman–Crippen LogP) is 0.513. The van der Waals surface area contributed by atoms with Gasteiger partial charge in [-0.25, -0.2) is 0 Å². The molecule has 0 heterocycles. The molecule has 4 heteroatoms. The molecule has 0 aromatic carbocycles. The van der Waals surface area contributed by atoms with E-state index in [-0.39, 0.29) is 11.9 Å². The van der Waals surface area contributed by atoms with Gasteiger partial charge in [-0.2, -0.15) is 0 Å². The summed E-state index contributed by atoms with van der Waals surface area (Å²) in [4.78, 5) is 11.7. The summed E-state index contributed by atoms with van der Waals surface area (Å²) in [7, 11) is 0. The van der Waals surface area contributed by atoms with E-state index in [4.69, 9.17) is 5.73 Å². The number of nitrogens with two attached hydrogens (primary N) is 1. The lowest BCUT2D eigenvalue weighted by atomic mass is 9.91. The topological polar surface area (TPSA) is 67.1 Å². The minimum absolute atomic E-state index is 0.0871. The van der Waals surface area contributed by atoms with Crippen molar-refractivity contribution in [3.05, 3.63) is 0 Å². The average Bonchev–Trinajstić information content (AvgIpc) is 3.01. The van der Waals surface area contributed by atoms with Crippen LogP contribution in [-0.4, -0.2) is 30.1 Å². The quantitative estimate of drug-likeness (QED) is 0.653. The van der Waals surface area contributed by atoms with Crippen LogP contribution in [0.2, 0.25) is 0 Å². The number of hydrogen-bond acceptors (Lipinski definition) is 3. The van der Waals surface area contributed by atoms with E-state index < -0.39 is 0 Å². The maximum absolute atomic E-state index is 11.7. The lowest BCUT2D eigenvalue weighted by Crippen LogP contribution is -2.49. The molecule has 2 aliphatic carbocycles. The SMILES string of the molecule is CC(NC1CCCC(N)C1)C(=O)NC1CC1. The Balaban J connectivity index is 1.72. The van der Waals surface area contributed by atoms with Gasteiger partial charge in [0.05, 0.1) is 6.04 Å². The molecule has 92 valence electrons. The van der Waals surface area contributed by atoms with E-state index in [9.17, 15) is 4.79 Å². The Hall–Kier alpha value is -0.610. The summed E-state index contributed by atoms with van der Waals surface area (Å²) in [6.07, 6.45) is 6.74. The van der Waals surface area contributed by atoms with Crippen molar-refractivity contribution < 1.29 is 4.79 Å². The Kier molecular flexibility index (Phi) is 3.82. The molecular weight excluding hydrogens is 202 g/mol. The minimum Gasteiger partial charge on any atom is -0.352 e. The fraction of sp³-hybridized carbons (Fsp3) is 0.917. The van der Waals surface area contributed by atoms with Gasteiger partial charge >= 0.3 is 0 Å². The van der Waals surface area contributed by atoms with E-state index >= 15 is 0 Å². The Morgan fingerprint density at radius 1 is 1.25 bits per heavy atom. The first-order valence-corrected chi connectivity index (χ1v) is 6.47. The molecule has 0 bridgehead atoms. The molecule has 0 spiro atoms. The van der Waals surface area contributed by atoms with Crippen LogP contribution < -0.4 is 16.4 Å². The van der Waals surface area contributed by atoms with E-state index in [2.05, 4.69) is 10.6 Å². The van der Waals surface area contributed by atoms with Crippen LogP contribution in [0.3, 0.4) is 0 Å². The molecule has 2 saturated carbocycles. The number of amides is 1. The maximum atomic E-state index is 11.7. The van der Waals surface area contributed by atoms with E-state index in [0.29, 0.717) is 18.1 Å². The van der Waals surface area contributed by atoms with Gasteiger partial charge < -0.3 is 16.4 Å². The summed E-state index contributed by atoms with van der Waals surface area (Å²) in [6.45, 7) is 1.94. The second-order valence-corrected chi connectivity index (χ2v) is 5.29. The van der Waals surface area contributed by atoms with Crippen LogP contribution in [-0.2, 0) is 4.79 Å². The molecule has 2 fully saturated rings. The highest BCUT2D eigenvalue weighted by molar-refractivity contribution is 5.81.